The summed E-state index contributed by atoms with van der Waals surface area (Å²) in [4.78, 5) is 0. The van der Waals surface area contributed by atoms with Gasteiger partial charge in [0.05, 0.1) is 65.2 Å². The Labute approximate surface area is 242 Å². The molecule has 0 aliphatic heterocycles. The molecule has 0 heterocycles. The molecule has 2 atom stereocenters. The minimum Gasteiger partial charge on any atom is -0.316 e. The van der Waals surface area contributed by atoms with Crippen LogP contribution in [0.15, 0.2) is 12.1 Å². The zero-order valence-corrected chi connectivity index (χ0v) is 28.5. The van der Waals surface area contributed by atoms with Gasteiger partial charge in [0.15, 0.2) is 0 Å². The summed E-state index contributed by atoms with van der Waals surface area (Å²) in [5, 5.41) is 0. The summed E-state index contributed by atoms with van der Waals surface area (Å²) in [7, 11) is -7.21. The minimum atomic E-state index is -3.52. The predicted molar refractivity (Wildman–Crippen MR) is 156 cm³/mol. The van der Waals surface area contributed by atoms with E-state index in [2.05, 4.69) is 0 Å². The fraction of sp³-hybridized carbons (Fsp3) is 0.750. The van der Waals surface area contributed by atoms with Gasteiger partial charge in [0.2, 0.25) is 0 Å². The first-order valence-corrected chi connectivity index (χ1v) is 18.9. The maximum atomic E-state index is 13.6. The number of hydrogen-bond acceptors (Lipinski definition) is 12. The highest BCUT2D eigenvalue weighted by Crippen LogP contribution is 2.55. The van der Waals surface area contributed by atoms with E-state index in [-0.39, 0.29) is 52.0 Å². The van der Waals surface area contributed by atoms with Gasteiger partial charge in [-0.25, -0.2) is 0 Å². The van der Waals surface area contributed by atoms with Gasteiger partial charge in [-0.05, 0) is 63.8 Å². The normalized spacial score (nSPS) is 14.0. The Bertz CT molecular complexity index is 842. The van der Waals surface area contributed by atoms with E-state index < -0.39 is 32.4 Å². The van der Waals surface area contributed by atoms with Crippen molar-refractivity contribution < 1.29 is 54.4 Å². The lowest BCUT2D eigenvalue weighted by Gasteiger charge is -2.24. The summed E-state index contributed by atoms with van der Waals surface area (Å²) in [5.41, 5.74) is 2.63. The molecule has 0 aliphatic carbocycles. The molecule has 16 heteroatoms. The van der Waals surface area contributed by atoms with Crippen molar-refractivity contribution in [2.24, 2.45) is 0 Å². The smallest absolute Gasteiger partial charge is 0.316 e. The third kappa shape index (κ3) is 13.6. The van der Waals surface area contributed by atoms with Crippen LogP contribution >= 0.6 is 32.4 Å². The monoisotopic (exact) mass is 650 g/mol. The Kier molecular flexibility index (Phi) is 20.0. The summed E-state index contributed by atoms with van der Waals surface area (Å²) in [6.45, 7) is 12.5. The zero-order valence-electron chi connectivity index (χ0n) is 24.9. The molecule has 0 amide bonds. The van der Waals surface area contributed by atoms with Crippen LogP contribution in [0.5, 0.6) is 0 Å². The molecule has 1 aromatic rings. The topological polar surface area (TPSA) is 126 Å². The first-order chi connectivity index (χ1) is 19.2. The summed E-state index contributed by atoms with van der Waals surface area (Å²) in [6.07, 6.45) is -0.102. The Morgan fingerprint density at radius 3 is 1.10 bits per heavy atom. The zero-order chi connectivity index (χ0) is 30.0. The molecule has 40 heavy (non-hydrogen) atoms. The fourth-order valence-corrected chi connectivity index (χ4v) is 8.55. The van der Waals surface area contributed by atoms with Crippen LogP contribution < -0.4 is 0 Å². The van der Waals surface area contributed by atoms with Crippen LogP contribution in [0.1, 0.15) is 63.8 Å². The maximum absolute atomic E-state index is 13.6. The molecule has 2 unspecified atom stereocenters. The molecule has 234 valence electrons. The Balaban J connectivity index is 3.67. The van der Waals surface area contributed by atoms with E-state index in [0.29, 0.717) is 35.5 Å². The van der Waals surface area contributed by atoms with Gasteiger partial charge in [0.25, 0.3) is 0 Å². The van der Waals surface area contributed by atoms with Gasteiger partial charge in [-0.1, -0.05) is 12.1 Å². The van der Waals surface area contributed by atoms with Gasteiger partial charge < -0.3 is 45.2 Å². The Morgan fingerprint density at radius 2 is 0.850 bits per heavy atom. The lowest BCUT2D eigenvalue weighted by atomic mass is 10.0. The number of benzene rings is 1. The van der Waals surface area contributed by atoms with E-state index >= 15 is 0 Å². The van der Waals surface area contributed by atoms with Crippen LogP contribution in [0, 0.1) is 0 Å². The van der Waals surface area contributed by atoms with E-state index in [9.17, 15) is 9.13 Å². The van der Waals surface area contributed by atoms with E-state index in [4.69, 9.17) is 45.2 Å². The molecule has 0 N–H and O–H groups in total. The largest absolute Gasteiger partial charge is 0.335 e. The van der Waals surface area contributed by atoms with Gasteiger partial charge >= 0.3 is 32.4 Å². The lowest BCUT2D eigenvalue weighted by Crippen LogP contribution is -2.08. The molecule has 0 spiro atoms. The van der Waals surface area contributed by atoms with Gasteiger partial charge in [-0.2, -0.15) is 0 Å². The molecule has 0 aliphatic rings. The molecule has 0 radical (unpaired) electrons. The van der Waals surface area contributed by atoms with Crippen molar-refractivity contribution in [2.75, 3.05) is 53.9 Å². The second-order valence-electron chi connectivity index (χ2n) is 7.79. The SMILES string of the molecule is CCOP(OC)OCc1cc(CP(=O)(OCC)OCC)c(CP(=O)(OCC)OCC)cc1COP(OC)OCC. The van der Waals surface area contributed by atoms with Crippen LogP contribution in [0.2, 0.25) is 0 Å². The number of rotatable bonds is 24. The first kappa shape index (κ1) is 38.2. The van der Waals surface area contributed by atoms with E-state index in [0.717, 1.165) is 0 Å². The fourth-order valence-electron chi connectivity index (χ4n) is 3.56. The molecule has 0 saturated carbocycles. The van der Waals surface area contributed by atoms with Crippen LogP contribution in [0.25, 0.3) is 0 Å². The predicted octanol–water partition coefficient (Wildman–Crippen LogP) is 8.07. The van der Waals surface area contributed by atoms with Crippen molar-refractivity contribution in [1.29, 1.82) is 0 Å². The molecule has 0 bridgehead atoms. The average molecular weight is 651 g/mol. The molecule has 0 aromatic heterocycles. The van der Waals surface area contributed by atoms with Crippen LogP contribution in [0.3, 0.4) is 0 Å². The van der Waals surface area contributed by atoms with Crippen molar-refractivity contribution >= 4 is 32.4 Å². The van der Waals surface area contributed by atoms with Gasteiger partial charge in [-0.3, -0.25) is 9.13 Å². The number of hydrogen-bond donors (Lipinski definition) is 0. The van der Waals surface area contributed by atoms with E-state index in [1.165, 1.54) is 14.2 Å². The summed E-state index contributed by atoms with van der Waals surface area (Å²) < 4.78 is 82.9. The summed E-state index contributed by atoms with van der Waals surface area (Å²) >= 11 is 0. The molecule has 1 rings (SSSR count). The lowest BCUT2D eigenvalue weighted by molar-refractivity contribution is 0.172. The Hall–Kier alpha value is 0.140. The van der Waals surface area contributed by atoms with Crippen LogP contribution in [0.4, 0.5) is 0 Å². The standard InChI is InChI=1S/C24H46O12P4/c1-9-29-37(27-7)31-17-21-15-23(19-39(25,33-11-3)34-12-4)24(20-40(26,35-13-5)36-14-6)16-22(21)18-32-38(28-8)30-10-2/h15-16H,9-14,17-20H2,1-8H3. The van der Waals surface area contributed by atoms with Gasteiger partial charge in [-0.15, -0.1) is 0 Å². The molecule has 1 aromatic carbocycles. The molecule has 12 nitrogen and oxygen atoms in total. The maximum Gasteiger partial charge on any atom is 0.335 e. The second-order valence-corrected chi connectivity index (χ2v) is 14.6. The highest BCUT2D eigenvalue weighted by molar-refractivity contribution is 7.53. The van der Waals surface area contributed by atoms with E-state index in [1.54, 1.807) is 27.7 Å². The van der Waals surface area contributed by atoms with Gasteiger partial charge in [0.1, 0.15) is 0 Å². The summed E-state index contributed by atoms with van der Waals surface area (Å²) in [5.74, 6) is 0. The Morgan fingerprint density at radius 1 is 0.525 bits per heavy atom. The van der Waals surface area contributed by atoms with Crippen molar-refractivity contribution in [3.63, 3.8) is 0 Å². The highest BCUT2D eigenvalue weighted by atomic mass is 31.2. The third-order valence-corrected chi connectivity index (χ3v) is 11.2. The molecule has 0 saturated heterocycles. The third-order valence-electron chi connectivity index (χ3n) is 4.97. The second kappa shape index (κ2) is 20.9. The highest BCUT2D eigenvalue weighted by Gasteiger charge is 2.31. The quantitative estimate of drug-likeness (QED) is 0.100. The molecule has 0 fully saturated rings. The van der Waals surface area contributed by atoms with E-state index in [1.807, 2.05) is 26.0 Å². The van der Waals surface area contributed by atoms with Crippen molar-refractivity contribution in [3.05, 3.63) is 34.4 Å². The molecular formula is C24H46O12P4. The van der Waals surface area contributed by atoms with Crippen LogP contribution in [-0.2, 0) is 79.9 Å². The minimum absolute atomic E-state index is 0.0510. The van der Waals surface area contributed by atoms with Crippen molar-refractivity contribution in [3.8, 4) is 0 Å². The first-order valence-electron chi connectivity index (χ1n) is 13.3. The summed E-state index contributed by atoms with van der Waals surface area (Å²) in [6, 6.07) is 3.65. The molecular weight excluding hydrogens is 604 g/mol. The van der Waals surface area contributed by atoms with Crippen molar-refractivity contribution in [2.45, 2.75) is 67.1 Å². The van der Waals surface area contributed by atoms with Crippen molar-refractivity contribution in [1.82, 2.24) is 0 Å². The van der Waals surface area contributed by atoms with Gasteiger partial charge in [0, 0.05) is 14.2 Å². The van der Waals surface area contributed by atoms with Crippen LogP contribution in [-0.4, -0.2) is 53.9 Å². The average Bonchev–Trinajstić information content (AvgIpc) is 2.90.